The SMILES string of the molecule is Cc1nnc(CCC2=CSC(N)N2c2ncc(Br)cc2Oc2ccccc2)o1. The van der Waals surface area contributed by atoms with Gasteiger partial charge in [-0.2, -0.15) is 0 Å². The van der Waals surface area contributed by atoms with Gasteiger partial charge in [0.05, 0.1) is 0 Å². The first-order valence-electron chi connectivity index (χ1n) is 8.67. The largest absolute Gasteiger partial charge is 0.453 e. The maximum Gasteiger partial charge on any atom is 0.216 e. The molecule has 1 aliphatic rings. The summed E-state index contributed by atoms with van der Waals surface area (Å²) in [5.41, 5.74) is 7.10. The van der Waals surface area contributed by atoms with E-state index in [0.717, 1.165) is 15.9 Å². The molecule has 2 N–H and O–H groups in total. The van der Waals surface area contributed by atoms with Crippen molar-refractivity contribution in [2.24, 2.45) is 5.73 Å². The molecular weight excluding hydrogens is 442 g/mol. The predicted molar refractivity (Wildman–Crippen MR) is 112 cm³/mol. The standard InChI is InChI=1S/C19H18BrN5O2S/c1-12-23-24-17(26-12)8-7-14-11-28-19(21)25(14)18-16(9-13(20)10-22-18)27-15-5-3-2-4-6-15/h2-6,9-11,19H,7-8,21H2,1H3. The minimum Gasteiger partial charge on any atom is -0.453 e. The normalized spacial score (nSPS) is 16.3. The number of allylic oxidation sites excluding steroid dienone is 1. The second-order valence-electron chi connectivity index (χ2n) is 6.11. The monoisotopic (exact) mass is 459 g/mol. The molecular formula is C19H18BrN5O2S. The summed E-state index contributed by atoms with van der Waals surface area (Å²) in [6.45, 7) is 1.78. The second-order valence-corrected chi connectivity index (χ2v) is 8.02. The Hall–Kier alpha value is -2.36. The molecule has 7 nitrogen and oxygen atoms in total. The lowest BCUT2D eigenvalue weighted by Gasteiger charge is -2.27. The van der Waals surface area contributed by atoms with Gasteiger partial charge in [0, 0.05) is 35.8 Å². The van der Waals surface area contributed by atoms with Crippen molar-refractivity contribution in [2.45, 2.75) is 25.3 Å². The quantitative estimate of drug-likeness (QED) is 0.571. The molecule has 4 rings (SSSR count). The maximum atomic E-state index is 6.35. The van der Waals surface area contributed by atoms with E-state index in [1.807, 2.05) is 46.7 Å². The van der Waals surface area contributed by atoms with E-state index in [4.69, 9.17) is 14.9 Å². The highest BCUT2D eigenvalue weighted by Gasteiger charge is 2.29. The van der Waals surface area contributed by atoms with Crippen LogP contribution >= 0.6 is 27.7 Å². The third-order valence-corrected chi connectivity index (χ3v) is 5.40. The topological polar surface area (TPSA) is 90.3 Å². The van der Waals surface area contributed by atoms with E-state index in [9.17, 15) is 0 Å². The smallest absolute Gasteiger partial charge is 0.216 e. The Bertz CT molecular complexity index is 995. The first-order valence-corrected chi connectivity index (χ1v) is 10.4. The molecule has 1 unspecified atom stereocenters. The molecule has 0 aliphatic carbocycles. The fraction of sp³-hybridized carbons (Fsp3) is 0.211. The molecule has 1 aromatic carbocycles. The minimum absolute atomic E-state index is 0.286. The molecule has 9 heteroatoms. The van der Waals surface area contributed by atoms with Crippen LogP contribution in [-0.4, -0.2) is 20.7 Å². The number of aryl methyl sites for hydroxylation is 2. The number of hydrogen-bond acceptors (Lipinski definition) is 8. The molecule has 0 saturated carbocycles. The lowest BCUT2D eigenvalue weighted by molar-refractivity contribution is 0.465. The third-order valence-electron chi connectivity index (χ3n) is 4.07. The number of thioether (sulfide) groups is 1. The fourth-order valence-electron chi connectivity index (χ4n) is 2.82. The zero-order valence-electron chi connectivity index (χ0n) is 15.1. The number of nitrogens with two attached hydrogens (primary N) is 1. The van der Waals surface area contributed by atoms with Gasteiger partial charge in [0.2, 0.25) is 11.8 Å². The number of aromatic nitrogens is 3. The Morgan fingerprint density at radius 1 is 1.25 bits per heavy atom. The van der Waals surface area contributed by atoms with Crippen LogP contribution in [0.15, 0.2) is 62.6 Å². The summed E-state index contributed by atoms with van der Waals surface area (Å²) in [7, 11) is 0. The summed E-state index contributed by atoms with van der Waals surface area (Å²) in [6, 6.07) is 11.5. The van der Waals surface area contributed by atoms with Gasteiger partial charge in [0.1, 0.15) is 11.2 Å². The van der Waals surface area contributed by atoms with Crippen LogP contribution in [-0.2, 0) is 6.42 Å². The first kappa shape index (κ1) is 19.0. The van der Waals surface area contributed by atoms with Crippen molar-refractivity contribution >= 4 is 33.5 Å². The van der Waals surface area contributed by atoms with E-state index in [-0.39, 0.29) is 5.50 Å². The second kappa shape index (κ2) is 8.34. The highest BCUT2D eigenvalue weighted by atomic mass is 79.9. The van der Waals surface area contributed by atoms with Crippen molar-refractivity contribution in [3.63, 3.8) is 0 Å². The average Bonchev–Trinajstić information content (AvgIpc) is 3.27. The summed E-state index contributed by atoms with van der Waals surface area (Å²) < 4.78 is 12.4. The number of rotatable bonds is 6. The summed E-state index contributed by atoms with van der Waals surface area (Å²) in [5, 5.41) is 9.98. The van der Waals surface area contributed by atoms with E-state index in [1.54, 1.807) is 13.1 Å². The van der Waals surface area contributed by atoms with Crippen molar-refractivity contribution in [3.05, 3.63) is 70.0 Å². The summed E-state index contributed by atoms with van der Waals surface area (Å²) >= 11 is 5.01. The van der Waals surface area contributed by atoms with Crippen LogP contribution < -0.4 is 15.4 Å². The molecule has 3 heterocycles. The Morgan fingerprint density at radius 3 is 2.82 bits per heavy atom. The van der Waals surface area contributed by atoms with E-state index in [2.05, 4.69) is 31.1 Å². The highest BCUT2D eigenvalue weighted by molar-refractivity contribution is 9.10. The number of pyridine rings is 1. The fourth-order valence-corrected chi connectivity index (χ4v) is 4.02. The lowest BCUT2D eigenvalue weighted by atomic mass is 10.2. The van der Waals surface area contributed by atoms with E-state index < -0.39 is 0 Å². The van der Waals surface area contributed by atoms with Gasteiger partial charge in [-0.3, -0.25) is 0 Å². The summed E-state index contributed by atoms with van der Waals surface area (Å²) in [5.74, 6) is 3.19. The number of anilines is 1. The molecule has 0 fully saturated rings. The van der Waals surface area contributed by atoms with Crippen molar-refractivity contribution < 1.29 is 9.15 Å². The van der Waals surface area contributed by atoms with Crippen molar-refractivity contribution in [3.8, 4) is 11.5 Å². The number of benzene rings is 1. The van der Waals surface area contributed by atoms with Crippen LogP contribution in [0.25, 0.3) is 0 Å². The minimum atomic E-state index is -0.286. The third kappa shape index (κ3) is 4.21. The average molecular weight is 460 g/mol. The van der Waals surface area contributed by atoms with Crippen LogP contribution in [0.3, 0.4) is 0 Å². The number of halogens is 1. The van der Waals surface area contributed by atoms with Gasteiger partial charge in [-0.05, 0) is 39.9 Å². The van der Waals surface area contributed by atoms with Gasteiger partial charge in [-0.1, -0.05) is 30.0 Å². The van der Waals surface area contributed by atoms with Gasteiger partial charge < -0.3 is 19.8 Å². The number of nitrogens with zero attached hydrogens (tertiary/aromatic N) is 4. The Balaban J connectivity index is 1.59. The molecule has 0 radical (unpaired) electrons. The van der Waals surface area contributed by atoms with Crippen LogP contribution in [0.1, 0.15) is 18.2 Å². The van der Waals surface area contributed by atoms with Crippen LogP contribution in [0, 0.1) is 6.92 Å². The molecule has 28 heavy (non-hydrogen) atoms. The zero-order chi connectivity index (χ0) is 19.5. The molecule has 3 aromatic rings. The van der Waals surface area contributed by atoms with Gasteiger partial charge in [-0.15, -0.1) is 10.2 Å². The van der Waals surface area contributed by atoms with E-state index >= 15 is 0 Å². The Labute approximate surface area is 175 Å². The van der Waals surface area contributed by atoms with E-state index in [0.29, 0.717) is 36.2 Å². The van der Waals surface area contributed by atoms with Crippen LogP contribution in [0.2, 0.25) is 0 Å². The zero-order valence-corrected chi connectivity index (χ0v) is 17.5. The van der Waals surface area contributed by atoms with Crippen LogP contribution in [0.5, 0.6) is 11.5 Å². The van der Waals surface area contributed by atoms with E-state index in [1.165, 1.54) is 11.8 Å². The molecule has 0 bridgehead atoms. The van der Waals surface area contributed by atoms with Crippen LogP contribution in [0.4, 0.5) is 5.82 Å². The lowest BCUT2D eigenvalue weighted by Crippen LogP contribution is -2.36. The number of hydrogen-bond donors (Lipinski definition) is 1. The predicted octanol–water partition coefficient (Wildman–Crippen LogP) is 4.60. The number of ether oxygens (including phenoxy) is 1. The molecule has 0 saturated heterocycles. The van der Waals surface area contributed by atoms with Gasteiger partial charge in [0.15, 0.2) is 11.6 Å². The molecule has 0 spiro atoms. The summed E-state index contributed by atoms with van der Waals surface area (Å²) in [6.07, 6.45) is 3.06. The number of para-hydroxylation sites is 1. The van der Waals surface area contributed by atoms with Gasteiger partial charge in [-0.25, -0.2) is 4.98 Å². The van der Waals surface area contributed by atoms with Gasteiger partial charge >= 0.3 is 0 Å². The Kier molecular flexibility index (Phi) is 5.65. The molecule has 0 amide bonds. The maximum absolute atomic E-state index is 6.35. The highest BCUT2D eigenvalue weighted by Crippen LogP contribution is 2.41. The Morgan fingerprint density at radius 2 is 2.07 bits per heavy atom. The first-order chi connectivity index (χ1) is 13.6. The van der Waals surface area contributed by atoms with Crippen molar-refractivity contribution in [1.82, 2.24) is 15.2 Å². The van der Waals surface area contributed by atoms with Crippen molar-refractivity contribution in [1.29, 1.82) is 0 Å². The molecule has 2 aromatic heterocycles. The van der Waals surface area contributed by atoms with Gasteiger partial charge in [0.25, 0.3) is 0 Å². The van der Waals surface area contributed by atoms with Crippen molar-refractivity contribution in [2.75, 3.05) is 4.90 Å². The molecule has 1 atom stereocenters. The molecule has 1 aliphatic heterocycles. The summed E-state index contributed by atoms with van der Waals surface area (Å²) in [4.78, 5) is 6.57. The molecule has 144 valence electrons.